The van der Waals surface area contributed by atoms with Crippen LogP contribution in [0.3, 0.4) is 0 Å². The first-order chi connectivity index (χ1) is 12.4. The summed E-state index contributed by atoms with van der Waals surface area (Å²) < 4.78 is 27.7. The molecule has 1 aliphatic heterocycles. The lowest BCUT2D eigenvalue weighted by Gasteiger charge is -2.31. The molecule has 0 spiro atoms. The Balaban J connectivity index is 1.83. The number of amides is 1. The van der Waals surface area contributed by atoms with Crippen LogP contribution in [0.4, 0.5) is 5.69 Å². The largest absolute Gasteiger partial charge is 0.337 e. The highest BCUT2D eigenvalue weighted by atomic mass is 32.2. The Hall–Kier alpha value is -2.45. The van der Waals surface area contributed by atoms with Crippen LogP contribution in [0.15, 0.2) is 47.6 Å². The molecule has 1 aromatic carbocycles. The van der Waals surface area contributed by atoms with Gasteiger partial charge in [-0.1, -0.05) is 13.0 Å². The van der Waals surface area contributed by atoms with Gasteiger partial charge >= 0.3 is 0 Å². The average Bonchev–Trinajstić information content (AvgIpc) is 2.66. The molecule has 1 atom stereocenters. The van der Waals surface area contributed by atoms with Crippen LogP contribution in [0.25, 0.3) is 0 Å². The van der Waals surface area contributed by atoms with Gasteiger partial charge in [0, 0.05) is 19.3 Å². The maximum absolute atomic E-state index is 12.6. The number of sulfonamides is 1. The molecule has 1 aromatic heterocycles. The van der Waals surface area contributed by atoms with Gasteiger partial charge < -0.3 is 10.6 Å². The summed E-state index contributed by atoms with van der Waals surface area (Å²) in [4.78, 5) is 18.1. The Morgan fingerprint density at radius 3 is 2.85 bits per heavy atom. The molecular weight excluding hydrogens is 352 g/mol. The Morgan fingerprint density at radius 1 is 1.35 bits per heavy atom. The van der Waals surface area contributed by atoms with Gasteiger partial charge in [0.15, 0.2) is 0 Å². The molecule has 3 rings (SSSR count). The summed E-state index contributed by atoms with van der Waals surface area (Å²) in [6.07, 6.45) is 4.28. The van der Waals surface area contributed by atoms with Crippen molar-refractivity contribution in [1.29, 1.82) is 0 Å². The van der Waals surface area contributed by atoms with Gasteiger partial charge in [-0.05, 0) is 48.2 Å². The molecular formula is C18H22N4O3S. The number of nitrogens with two attached hydrogens (primary N) is 1. The number of benzene rings is 1. The van der Waals surface area contributed by atoms with Gasteiger partial charge in [-0.3, -0.25) is 14.5 Å². The highest BCUT2D eigenvalue weighted by Crippen LogP contribution is 2.24. The van der Waals surface area contributed by atoms with Crippen molar-refractivity contribution in [2.24, 2.45) is 5.73 Å². The number of hydrogen-bond donors (Lipinski definition) is 2. The highest BCUT2D eigenvalue weighted by Gasteiger charge is 2.25. The Labute approximate surface area is 153 Å². The van der Waals surface area contributed by atoms with Crippen molar-refractivity contribution < 1.29 is 13.2 Å². The van der Waals surface area contributed by atoms with E-state index in [1.807, 2.05) is 13.0 Å². The summed E-state index contributed by atoms with van der Waals surface area (Å²) in [5.74, 6) is -0.0973. The maximum Gasteiger partial charge on any atom is 0.261 e. The van der Waals surface area contributed by atoms with Crippen LogP contribution in [0.5, 0.6) is 0 Å². The van der Waals surface area contributed by atoms with Crippen LogP contribution in [0.1, 0.15) is 24.5 Å². The van der Waals surface area contributed by atoms with Gasteiger partial charge in [0.2, 0.25) is 5.91 Å². The van der Waals surface area contributed by atoms with Crippen molar-refractivity contribution in [3.63, 3.8) is 0 Å². The molecule has 8 heteroatoms. The zero-order chi connectivity index (χ0) is 18.7. The molecule has 0 bridgehead atoms. The molecule has 0 aliphatic carbocycles. The van der Waals surface area contributed by atoms with Crippen molar-refractivity contribution in [2.75, 3.05) is 11.3 Å². The van der Waals surface area contributed by atoms with E-state index in [4.69, 9.17) is 5.73 Å². The minimum absolute atomic E-state index is 0.0973. The molecule has 2 heterocycles. The van der Waals surface area contributed by atoms with E-state index in [0.29, 0.717) is 31.6 Å². The highest BCUT2D eigenvalue weighted by molar-refractivity contribution is 7.92. The lowest BCUT2D eigenvalue weighted by atomic mass is 9.99. The maximum atomic E-state index is 12.6. The van der Waals surface area contributed by atoms with Gasteiger partial charge in [0.1, 0.15) is 0 Å². The molecule has 3 N–H and O–H groups in total. The van der Waals surface area contributed by atoms with Gasteiger partial charge in [-0.15, -0.1) is 0 Å². The summed E-state index contributed by atoms with van der Waals surface area (Å²) in [6, 6.07) is 7.81. The zero-order valence-corrected chi connectivity index (χ0v) is 15.4. The molecule has 0 radical (unpaired) electrons. The fourth-order valence-corrected chi connectivity index (χ4v) is 4.03. The molecule has 1 aliphatic rings. The van der Waals surface area contributed by atoms with Crippen LogP contribution in [-0.2, 0) is 27.8 Å². The summed E-state index contributed by atoms with van der Waals surface area (Å²) in [5.41, 5.74) is 8.14. The number of carbonyl (C=O) groups is 1. The third-order valence-corrected chi connectivity index (χ3v) is 5.86. The summed E-state index contributed by atoms with van der Waals surface area (Å²) >= 11 is 0. The SMILES string of the molecule is CC[C@H](N)C(=O)N1CCc2ccc(S(=O)(=O)Nc3cccnc3)cc2C1. The van der Waals surface area contributed by atoms with Crippen LogP contribution in [0.2, 0.25) is 0 Å². The lowest BCUT2D eigenvalue weighted by Crippen LogP contribution is -2.45. The molecule has 0 saturated heterocycles. The first-order valence-electron chi connectivity index (χ1n) is 8.49. The smallest absolute Gasteiger partial charge is 0.261 e. The first kappa shape index (κ1) is 18.3. The van der Waals surface area contributed by atoms with Crippen molar-refractivity contribution in [2.45, 2.75) is 37.2 Å². The summed E-state index contributed by atoms with van der Waals surface area (Å²) in [5, 5.41) is 0. The molecule has 0 fully saturated rings. The van der Waals surface area contributed by atoms with Crippen LogP contribution in [0, 0.1) is 0 Å². The minimum atomic E-state index is -3.72. The molecule has 138 valence electrons. The monoisotopic (exact) mass is 374 g/mol. The Kier molecular flexibility index (Phi) is 5.24. The van der Waals surface area contributed by atoms with E-state index in [1.165, 1.54) is 6.20 Å². The van der Waals surface area contributed by atoms with Crippen LogP contribution in [-0.4, -0.2) is 36.8 Å². The molecule has 2 aromatic rings. The number of aromatic nitrogens is 1. The quantitative estimate of drug-likeness (QED) is 0.825. The normalized spacial score (nSPS) is 15.2. The first-order valence-corrected chi connectivity index (χ1v) is 9.98. The predicted molar refractivity (Wildman–Crippen MR) is 98.9 cm³/mol. The number of rotatable bonds is 5. The number of carbonyl (C=O) groups excluding carboxylic acids is 1. The predicted octanol–water partition coefficient (Wildman–Crippen LogP) is 1.50. The second kappa shape index (κ2) is 7.43. The number of anilines is 1. The van der Waals surface area contributed by atoms with Gasteiger partial charge in [-0.2, -0.15) is 0 Å². The number of nitrogens with zero attached hydrogens (tertiary/aromatic N) is 2. The fraction of sp³-hybridized carbons (Fsp3) is 0.333. The minimum Gasteiger partial charge on any atom is -0.337 e. The molecule has 7 nitrogen and oxygen atoms in total. The van der Waals surface area contributed by atoms with Crippen LogP contribution < -0.4 is 10.5 Å². The van der Waals surface area contributed by atoms with Crippen molar-refractivity contribution in [3.8, 4) is 0 Å². The average molecular weight is 374 g/mol. The lowest BCUT2D eigenvalue weighted by molar-refractivity contribution is -0.133. The van der Waals surface area contributed by atoms with Crippen molar-refractivity contribution in [3.05, 3.63) is 53.9 Å². The third-order valence-electron chi connectivity index (χ3n) is 4.48. The van der Waals surface area contributed by atoms with E-state index >= 15 is 0 Å². The Morgan fingerprint density at radius 2 is 2.15 bits per heavy atom. The van der Waals surface area contributed by atoms with E-state index in [9.17, 15) is 13.2 Å². The van der Waals surface area contributed by atoms with E-state index in [2.05, 4.69) is 9.71 Å². The fourth-order valence-electron chi connectivity index (χ4n) is 2.94. The summed E-state index contributed by atoms with van der Waals surface area (Å²) in [7, 11) is -3.72. The number of fused-ring (bicyclic) bond motifs is 1. The van der Waals surface area contributed by atoms with E-state index in [0.717, 1.165) is 11.1 Å². The topological polar surface area (TPSA) is 105 Å². The van der Waals surface area contributed by atoms with Gasteiger partial charge in [0.05, 0.1) is 22.8 Å². The second-order valence-electron chi connectivity index (χ2n) is 6.30. The van der Waals surface area contributed by atoms with E-state index in [-0.39, 0.29) is 10.8 Å². The van der Waals surface area contributed by atoms with Gasteiger partial charge in [-0.25, -0.2) is 8.42 Å². The summed E-state index contributed by atoms with van der Waals surface area (Å²) in [6.45, 7) is 2.84. The van der Waals surface area contributed by atoms with Crippen molar-refractivity contribution >= 4 is 21.6 Å². The second-order valence-corrected chi connectivity index (χ2v) is 7.98. The standard InChI is InChI=1S/C18H22N4O3S/c1-2-17(19)18(23)22-9-7-13-5-6-16(10-14(13)12-22)26(24,25)21-15-4-3-8-20-11-15/h3-6,8,10-11,17,21H,2,7,9,12,19H2,1H3/t17-/m0/s1. The van der Waals surface area contributed by atoms with Crippen LogP contribution >= 0.6 is 0 Å². The molecule has 0 saturated carbocycles. The van der Waals surface area contributed by atoms with E-state index < -0.39 is 16.1 Å². The molecule has 1 amide bonds. The number of hydrogen-bond acceptors (Lipinski definition) is 5. The number of pyridine rings is 1. The molecule has 26 heavy (non-hydrogen) atoms. The Bertz CT molecular complexity index is 900. The third kappa shape index (κ3) is 3.86. The van der Waals surface area contributed by atoms with E-state index in [1.54, 1.807) is 35.4 Å². The zero-order valence-electron chi connectivity index (χ0n) is 14.6. The van der Waals surface area contributed by atoms with Crippen molar-refractivity contribution in [1.82, 2.24) is 9.88 Å². The molecule has 0 unspecified atom stereocenters. The number of nitrogens with one attached hydrogen (secondary N) is 1. The van der Waals surface area contributed by atoms with Gasteiger partial charge in [0.25, 0.3) is 10.0 Å².